The van der Waals surface area contributed by atoms with E-state index >= 15 is 0 Å². The van der Waals surface area contributed by atoms with E-state index < -0.39 is 0 Å². The van der Waals surface area contributed by atoms with Crippen molar-refractivity contribution in [1.29, 1.82) is 0 Å². The van der Waals surface area contributed by atoms with Crippen molar-refractivity contribution >= 4 is 11.9 Å². The zero-order valence-corrected chi connectivity index (χ0v) is 8.53. The molecule has 0 aromatic heterocycles. The van der Waals surface area contributed by atoms with Gasteiger partial charge in [-0.05, 0) is 19.9 Å². The highest BCUT2D eigenvalue weighted by molar-refractivity contribution is 5.89. The zero-order chi connectivity index (χ0) is 10.7. The Balaban J connectivity index is 2.30. The van der Waals surface area contributed by atoms with Crippen LogP contribution in [0.25, 0.3) is 0 Å². The number of esters is 1. The number of hydrogen-bond donors (Lipinski definition) is 0. The minimum absolute atomic E-state index is 0.0911. The van der Waals surface area contributed by atoms with Crippen LogP contribution in [-0.4, -0.2) is 36.0 Å². The van der Waals surface area contributed by atoms with E-state index in [1.165, 1.54) is 6.08 Å². The lowest BCUT2D eigenvalue weighted by Gasteiger charge is -2.37. The van der Waals surface area contributed by atoms with Crippen LogP contribution >= 0.6 is 0 Å². The van der Waals surface area contributed by atoms with Crippen LogP contribution in [0.3, 0.4) is 0 Å². The second kappa shape index (κ2) is 4.26. The van der Waals surface area contributed by atoms with Crippen molar-refractivity contribution in [2.24, 2.45) is 5.92 Å². The molecule has 0 radical (unpaired) electrons. The average molecular weight is 197 g/mol. The molecule has 14 heavy (non-hydrogen) atoms. The molecule has 1 heterocycles. The largest absolute Gasteiger partial charge is 0.463 e. The van der Waals surface area contributed by atoms with Crippen molar-refractivity contribution in [1.82, 2.24) is 4.90 Å². The predicted molar refractivity (Wildman–Crippen MR) is 51.5 cm³/mol. The van der Waals surface area contributed by atoms with Gasteiger partial charge in [-0.3, -0.25) is 9.59 Å². The number of carbonyl (C=O) groups excluding carboxylic acids is 2. The molecule has 0 N–H and O–H groups in total. The first-order valence-corrected chi connectivity index (χ1v) is 4.66. The van der Waals surface area contributed by atoms with Crippen molar-refractivity contribution < 1.29 is 14.3 Å². The van der Waals surface area contributed by atoms with Gasteiger partial charge in [-0.25, -0.2) is 0 Å². The van der Waals surface area contributed by atoms with Crippen LogP contribution in [0, 0.1) is 5.92 Å². The lowest BCUT2D eigenvalue weighted by molar-refractivity contribution is -0.160. The number of likely N-dealkylation sites (tertiary alicyclic amines) is 1. The molecule has 1 saturated heterocycles. The molecule has 1 fully saturated rings. The summed E-state index contributed by atoms with van der Waals surface area (Å²) < 4.78 is 5.01. The Kier molecular flexibility index (Phi) is 3.28. The summed E-state index contributed by atoms with van der Waals surface area (Å²) in [6, 6.07) is 0. The highest BCUT2D eigenvalue weighted by Crippen LogP contribution is 2.17. The third-order valence-electron chi connectivity index (χ3n) is 2.05. The Morgan fingerprint density at radius 2 is 2.07 bits per heavy atom. The third kappa shape index (κ3) is 2.34. The normalized spacial score (nSPS) is 16.4. The number of nitrogens with zero attached hydrogens (tertiary/aromatic N) is 1. The van der Waals surface area contributed by atoms with Crippen molar-refractivity contribution in [3.8, 4) is 0 Å². The Morgan fingerprint density at radius 1 is 1.50 bits per heavy atom. The Bertz CT molecular complexity index is 254. The van der Waals surface area contributed by atoms with Gasteiger partial charge in [0, 0.05) is 13.1 Å². The minimum atomic E-state index is -0.215. The summed E-state index contributed by atoms with van der Waals surface area (Å²) in [6.45, 7) is 7.90. The summed E-state index contributed by atoms with van der Waals surface area (Å²) in [4.78, 5) is 23.9. The van der Waals surface area contributed by atoms with Crippen LogP contribution in [0.1, 0.15) is 13.8 Å². The van der Waals surface area contributed by atoms with Crippen molar-refractivity contribution in [2.45, 2.75) is 20.0 Å². The van der Waals surface area contributed by atoms with E-state index in [0.717, 1.165) is 0 Å². The van der Waals surface area contributed by atoms with Gasteiger partial charge in [-0.15, -0.1) is 0 Å². The average Bonchev–Trinajstić information content (AvgIpc) is 1.99. The number of rotatable bonds is 3. The molecule has 0 aromatic carbocycles. The van der Waals surface area contributed by atoms with Gasteiger partial charge in [-0.1, -0.05) is 6.58 Å². The molecule has 1 amide bonds. The van der Waals surface area contributed by atoms with Crippen LogP contribution in [0.5, 0.6) is 0 Å². The van der Waals surface area contributed by atoms with Gasteiger partial charge in [0.05, 0.1) is 12.0 Å². The Labute approximate surface area is 83.5 Å². The van der Waals surface area contributed by atoms with Crippen LogP contribution in [0.2, 0.25) is 0 Å². The number of hydrogen-bond acceptors (Lipinski definition) is 3. The molecule has 1 rings (SSSR count). The topological polar surface area (TPSA) is 46.6 Å². The number of carbonyl (C=O) groups is 2. The molecular weight excluding hydrogens is 182 g/mol. The maximum absolute atomic E-state index is 11.3. The second-order valence-corrected chi connectivity index (χ2v) is 3.63. The molecule has 4 nitrogen and oxygen atoms in total. The van der Waals surface area contributed by atoms with Gasteiger partial charge in [-0.2, -0.15) is 0 Å². The Hall–Kier alpha value is -1.32. The maximum atomic E-state index is 11.3. The van der Waals surface area contributed by atoms with E-state index in [0.29, 0.717) is 13.1 Å². The molecule has 4 heteroatoms. The highest BCUT2D eigenvalue weighted by atomic mass is 16.5. The summed E-state index contributed by atoms with van der Waals surface area (Å²) in [6.07, 6.45) is 1.16. The molecule has 0 aliphatic carbocycles. The third-order valence-corrected chi connectivity index (χ3v) is 2.05. The first-order chi connectivity index (χ1) is 6.54. The molecule has 0 aromatic rings. The summed E-state index contributed by atoms with van der Waals surface area (Å²) in [5.74, 6) is -0.493. The van der Waals surface area contributed by atoms with Gasteiger partial charge in [0.1, 0.15) is 0 Å². The van der Waals surface area contributed by atoms with Crippen molar-refractivity contribution in [3.05, 3.63) is 12.7 Å². The van der Waals surface area contributed by atoms with Gasteiger partial charge in [0.25, 0.3) is 0 Å². The smallest absolute Gasteiger partial charge is 0.312 e. The maximum Gasteiger partial charge on any atom is 0.312 e. The van der Waals surface area contributed by atoms with E-state index in [1.54, 1.807) is 4.90 Å². The molecule has 78 valence electrons. The zero-order valence-electron chi connectivity index (χ0n) is 8.53. The fourth-order valence-corrected chi connectivity index (χ4v) is 1.27. The van der Waals surface area contributed by atoms with Gasteiger partial charge < -0.3 is 9.64 Å². The van der Waals surface area contributed by atoms with Crippen LogP contribution < -0.4 is 0 Å². The van der Waals surface area contributed by atoms with E-state index in [4.69, 9.17) is 4.74 Å². The monoisotopic (exact) mass is 197 g/mol. The van der Waals surface area contributed by atoms with E-state index in [9.17, 15) is 9.59 Å². The summed E-state index contributed by atoms with van der Waals surface area (Å²) in [5.41, 5.74) is 0. The minimum Gasteiger partial charge on any atom is -0.463 e. The lowest BCUT2D eigenvalue weighted by Crippen LogP contribution is -2.53. The molecular formula is C10H15NO3. The first-order valence-electron chi connectivity index (χ1n) is 4.66. The molecule has 0 atom stereocenters. The number of amides is 1. The summed E-state index contributed by atoms with van der Waals surface area (Å²) in [7, 11) is 0. The molecule has 0 unspecified atom stereocenters. The van der Waals surface area contributed by atoms with Crippen LogP contribution in [0.15, 0.2) is 12.7 Å². The molecule has 0 spiro atoms. The van der Waals surface area contributed by atoms with Crippen LogP contribution in [-0.2, 0) is 14.3 Å². The first kappa shape index (κ1) is 10.8. The SMILES string of the molecule is C=CC(=O)N1CC(C(=O)OC(C)C)C1. The fraction of sp³-hybridized carbons (Fsp3) is 0.600. The highest BCUT2D eigenvalue weighted by Gasteiger charge is 2.35. The summed E-state index contributed by atoms with van der Waals surface area (Å²) >= 11 is 0. The Morgan fingerprint density at radius 3 is 2.50 bits per heavy atom. The van der Waals surface area contributed by atoms with Crippen molar-refractivity contribution in [2.75, 3.05) is 13.1 Å². The quantitative estimate of drug-likeness (QED) is 0.491. The predicted octanol–water partition coefficient (Wildman–Crippen LogP) is 0.582. The second-order valence-electron chi connectivity index (χ2n) is 3.63. The summed E-state index contributed by atoms with van der Waals surface area (Å²) in [5, 5.41) is 0. The van der Waals surface area contributed by atoms with Crippen LogP contribution in [0.4, 0.5) is 0 Å². The molecule has 0 bridgehead atoms. The molecule has 1 aliphatic heterocycles. The number of ether oxygens (including phenoxy) is 1. The van der Waals surface area contributed by atoms with E-state index in [-0.39, 0.29) is 23.9 Å². The molecule has 1 aliphatic rings. The fourth-order valence-electron chi connectivity index (χ4n) is 1.27. The van der Waals surface area contributed by atoms with E-state index in [2.05, 4.69) is 6.58 Å². The van der Waals surface area contributed by atoms with Gasteiger partial charge in [0.15, 0.2) is 0 Å². The van der Waals surface area contributed by atoms with Gasteiger partial charge >= 0.3 is 5.97 Å². The van der Waals surface area contributed by atoms with Crippen molar-refractivity contribution in [3.63, 3.8) is 0 Å². The standard InChI is InChI=1S/C10H15NO3/c1-4-9(12)11-5-8(6-11)10(13)14-7(2)3/h4,7-8H,1,5-6H2,2-3H3. The van der Waals surface area contributed by atoms with Gasteiger partial charge in [0.2, 0.25) is 5.91 Å². The lowest BCUT2D eigenvalue weighted by atomic mass is 10.0. The van der Waals surface area contributed by atoms with E-state index in [1.807, 2.05) is 13.8 Å². The molecule has 0 saturated carbocycles.